The fraction of sp³-hybridized carbons (Fsp3) is 0.412. The Bertz CT molecular complexity index is 643. The van der Waals surface area contributed by atoms with E-state index in [9.17, 15) is 4.79 Å². The van der Waals surface area contributed by atoms with Crippen molar-refractivity contribution >= 4 is 5.91 Å². The number of amides is 1. The van der Waals surface area contributed by atoms with E-state index in [0.717, 1.165) is 37.2 Å². The monoisotopic (exact) mass is 299 g/mol. The molecule has 1 aliphatic rings. The molecule has 116 valence electrons. The number of carbonyl (C=O) groups is 1. The Balaban J connectivity index is 1.70. The zero-order chi connectivity index (χ0) is 15.5. The van der Waals surface area contributed by atoms with Crippen molar-refractivity contribution in [3.8, 4) is 11.5 Å². The fourth-order valence-corrected chi connectivity index (χ4v) is 2.70. The summed E-state index contributed by atoms with van der Waals surface area (Å²) in [6.45, 7) is 3.33. The van der Waals surface area contributed by atoms with E-state index < -0.39 is 0 Å². The molecule has 5 nitrogen and oxygen atoms in total. The highest BCUT2D eigenvalue weighted by Crippen LogP contribution is 2.22. The Morgan fingerprint density at radius 1 is 1.32 bits per heavy atom. The number of piperidine rings is 1. The molecule has 1 amide bonds. The third kappa shape index (κ3) is 3.20. The summed E-state index contributed by atoms with van der Waals surface area (Å²) in [4.78, 5) is 18.7. The molecule has 22 heavy (non-hydrogen) atoms. The van der Waals surface area contributed by atoms with Crippen molar-refractivity contribution in [2.75, 3.05) is 13.1 Å². The van der Waals surface area contributed by atoms with Crippen LogP contribution in [0.1, 0.15) is 24.3 Å². The van der Waals surface area contributed by atoms with E-state index in [0.29, 0.717) is 11.7 Å². The molecule has 0 atom stereocenters. The predicted molar refractivity (Wildman–Crippen MR) is 84.2 cm³/mol. The van der Waals surface area contributed by atoms with Crippen LogP contribution in [0.15, 0.2) is 34.7 Å². The molecular formula is C17H21N3O2. The van der Waals surface area contributed by atoms with Crippen LogP contribution in [0.3, 0.4) is 0 Å². The molecule has 0 spiro atoms. The zero-order valence-corrected chi connectivity index (χ0v) is 12.8. The molecule has 1 aromatic heterocycles. The number of nitrogens with two attached hydrogens (primary N) is 1. The van der Waals surface area contributed by atoms with E-state index in [-0.39, 0.29) is 18.4 Å². The third-order valence-electron chi connectivity index (χ3n) is 4.12. The lowest BCUT2D eigenvalue weighted by molar-refractivity contribution is -0.131. The molecule has 1 fully saturated rings. The summed E-state index contributed by atoms with van der Waals surface area (Å²) in [6.07, 6.45) is 2.04. The maximum atomic E-state index is 12.4. The molecular weight excluding hydrogens is 278 g/mol. The summed E-state index contributed by atoms with van der Waals surface area (Å²) in [5.74, 6) is 1.38. The highest BCUT2D eigenvalue weighted by Gasteiger charge is 2.22. The number of hydrogen-bond donors (Lipinski definition) is 1. The van der Waals surface area contributed by atoms with Crippen LogP contribution in [-0.2, 0) is 11.2 Å². The van der Waals surface area contributed by atoms with Crippen LogP contribution < -0.4 is 5.73 Å². The molecule has 0 aliphatic carbocycles. The maximum Gasteiger partial charge on any atom is 0.228 e. The summed E-state index contributed by atoms with van der Waals surface area (Å²) >= 11 is 0. The van der Waals surface area contributed by atoms with Crippen LogP contribution in [0.25, 0.3) is 11.5 Å². The SMILES string of the molecule is Cc1oc(-c2ccccc2)nc1CC(=O)N1CCC(N)CC1. The minimum Gasteiger partial charge on any atom is -0.441 e. The zero-order valence-electron chi connectivity index (χ0n) is 12.8. The number of oxazole rings is 1. The van der Waals surface area contributed by atoms with E-state index in [1.54, 1.807) is 0 Å². The lowest BCUT2D eigenvalue weighted by Gasteiger charge is -2.30. The average molecular weight is 299 g/mol. The number of nitrogens with zero attached hydrogens (tertiary/aromatic N) is 2. The van der Waals surface area contributed by atoms with Crippen LogP contribution in [0.2, 0.25) is 0 Å². The van der Waals surface area contributed by atoms with Gasteiger partial charge in [0.05, 0.1) is 12.1 Å². The average Bonchev–Trinajstić information content (AvgIpc) is 2.90. The summed E-state index contributed by atoms with van der Waals surface area (Å²) in [5.41, 5.74) is 7.52. The van der Waals surface area contributed by atoms with Gasteiger partial charge in [0.2, 0.25) is 11.8 Å². The summed E-state index contributed by atoms with van der Waals surface area (Å²) in [5, 5.41) is 0. The molecule has 5 heteroatoms. The van der Waals surface area contributed by atoms with Crippen molar-refractivity contribution in [3.63, 3.8) is 0 Å². The Hall–Kier alpha value is -2.14. The van der Waals surface area contributed by atoms with Crippen molar-refractivity contribution in [2.24, 2.45) is 5.73 Å². The summed E-state index contributed by atoms with van der Waals surface area (Å²) in [7, 11) is 0. The lowest BCUT2D eigenvalue weighted by Crippen LogP contribution is -2.43. The lowest BCUT2D eigenvalue weighted by atomic mass is 10.1. The van der Waals surface area contributed by atoms with E-state index in [1.807, 2.05) is 42.2 Å². The van der Waals surface area contributed by atoms with Crippen LogP contribution in [0, 0.1) is 6.92 Å². The first-order valence-corrected chi connectivity index (χ1v) is 7.68. The van der Waals surface area contributed by atoms with Gasteiger partial charge in [-0.25, -0.2) is 4.98 Å². The van der Waals surface area contributed by atoms with Crippen LogP contribution in [-0.4, -0.2) is 34.9 Å². The van der Waals surface area contributed by atoms with Crippen molar-refractivity contribution in [1.82, 2.24) is 9.88 Å². The molecule has 2 N–H and O–H groups in total. The largest absolute Gasteiger partial charge is 0.441 e. The number of aromatic nitrogens is 1. The number of aryl methyl sites for hydroxylation is 1. The Morgan fingerprint density at radius 2 is 2.00 bits per heavy atom. The van der Waals surface area contributed by atoms with Gasteiger partial charge in [0.25, 0.3) is 0 Å². The molecule has 0 unspecified atom stereocenters. The molecule has 3 rings (SSSR count). The Morgan fingerprint density at radius 3 is 2.68 bits per heavy atom. The number of benzene rings is 1. The van der Waals surface area contributed by atoms with Gasteiger partial charge in [-0.1, -0.05) is 18.2 Å². The highest BCUT2D eigenvalue weighted by atomic mass is 16.4. The first-order valence-electron chi connectivity index (χ1n) is 7.68. The van der Waals surface area contributed by atoms with E-state index >= 15 is 0 Å². The molecule has 1 saturated heterocycles. The van der Waals surface area contributed by atoms with Crippen LogP contribution >= 0.6 is 0 Å². The van der Waals surface area contributed by atoms with E-state index in [2.05, 4.69) is 4.98 Å². The molecule has 1 aliphatic heterocycles. The van der Waals surface area contributed by atoms with E-state index in [4.69, 9.17) is 10.2 Å². The van der Waals surface area contributed by atoms with Crippen molar-refractivity contribution in [2.45, 2.75) is 32.2 Å². The second-order valence-electron chi connectivity index (χ2n) is 5.78. The van der Waals surface area contributed by atoms with Gasteiger partial charge in [-0.15, -0.1) is 0 Å². The van der Waals surface area contributed by atoms with Crippen LogP contribution in [0.5, 0.6) is 0 Å². The van der Waals surface area contributed by atoms with Crippen molar-refractivity contribution in [3.05, 3.63) is 41.8 Å². The van der Waals surface area contributed by atoms with Gasteiger partial charge < -0.3 is 15.1 Å². The maximum absolute atomic E-state index is 12.4. The molecule has 2 aromatic rings. The standard InChI is InChI=1S/C17H21N3O2/c1-12-15(11-16(21)20-9-7-14(18)8-10-20)19-17(22-12)13-5-3-2-4-6-13/h2-6,14H,7-11,18H2,1H3. The minimum absolute atomic E-state index is 0.0999. The minimum atomic E-state index is 0.0999. The van der Waals surface area contributed by atoms with Crippen molar-refractivity contribution in [1.29, 1.82) is 0 Å². The number of likely N-dealkylation sites (tertiary alicyclic amines) is 1. The third-order valence-corrected chi connectivity index (χ3v) is 4.12. The van der Waals surface area contributed by atoms with Gasteiger partial charge in [0, 0.05) is 24.7 Å². The van der Waals surface area contributed by atoms with Gasteiger partial charge in [-0.05, 0) is 31.9 Å². The Labute approximate surface area is 130 Å². The topological polar surface area (TPSA) is 72.4 Å². The van der Waals surface area contributed by atoms with Gasteiger partial charge in [0.15, 0.2) is 0 Å². The fourth-order valence-electron chi connectivity index (χ4n) is 2.70. The molecule has 0 bridgehead atoms. The highest BCUT2D eigenvalue weighted by molar-refractivity contribution is 5.78. The van der Waals surface area contributed by atoms with Crippen molar-refractivity contribution < 1.29 is 9.21 Å². The normalized spacial score (nSPS) is 16.0. The summed E-state index contributed by atoms with van der Waals surface area (Å²) < 4.78 is 5.70. The quantitative estimate of drug-likeness (QED) is 0.942. The van der Waals surface area contributed by atoms with Gasteiger partial charge in [-0.3, -0.25) is 4.79 Å². The Kier molecular flexibility index (Phi) is 4.24. The molecule has 0 radical (unpaired) electrons. The summed E-state index contributed by atoms with van der Waals surface area (Å²) in [6, 6.07) is 9.95. The molecule has 1 aromatic carbocycles. The van der Waals surface area contributed by atoms with Gasteiger partial charge in [-0.2, -0.15) is 0 Å². The van der Waals surface area contributed by atoms with Crippen LogP contribution in [0.4, 0.5) is 0 Å². The first-order chi connectivity index (χ1) is 10.6. The van der Waals surface area contributed by atoms with Gasteiger partial charge >= 0.3 is 0 Å². The molecule has 2 heterocycles. The predicted octanol–water partition coefficient (Wildman–Crippen LogP) is 2.14. The second-order valence-corrected chi connectivity index (χ2v) is 5.78. The second kappa shape index (κ2) is 6.32. The number of hydrogen-bond acceptors (Lipinski definition) is 4. The first kappa shape index (κ1) is 14.8. The smallest absolute Gasteiger partial charge is 0.228 e. The molecule has 0 saturated carbocycles. The van der Waals surface area contributed by atoms with Gasteiger partial charge in [0.1, 0.15) is 5.76 Å². The number of rotatable bonds is 3. The van der Waals surface area contributed by atoms with E-state index in [1.165, 1.54) is 0 Å². The number of carbonyl (C=O) groups excluding carboxylic acids is 1.